The van der Waals surface area contributed by atoms with Gasteiger partial charge in [0.25, 0.3) is 0 Å². The van der Waals surface area contributed by atoms with E-state index >= 15 is 0 Å². The zero-order valence-corrected chi connectivity index (χ0v) is 13.8. The van der Waals surface area contributed by atoms with Crippen LogP contribution in [0.25, 0.3) is 0 Å². The summed E-state index contributed by atoms with van der Waals surface area (Å²) < 4.78 is 6.59. The number of halogens is 3. The summed E-state index contributed by atoms with van der Waals surface area (Å²) in [4.78, 5) is 11.6. The van der Waals surface area contributed by atoms with E-state index in [9.17, 15) is 4.79 Å². The van der Waals surface area contributed by atoms with Gasteiger partial charge in [-0.2, -0.15) is 5.10 Å². The van der Waals surface area contributed by atoms with Gasteiger partial charge in [0, 0.05) is 16.8 Å². The molecule has 2 rings (SSSR count). The highest BCUT2D eigenvalue weighted by molar-refractivity contribution is 9.13. The highest BCUT2D eigenvalue weighted by atomic mass is 79.9. The smallest absolute Gasteiger partial charge is 0.339 e. The summed E-state index contributed by atoms with van der Waals surface area (Å²) in [5.41, 5.74) is 2.89. The van der Waals surface area contributed by atoms with Crippen molar-refractivity contribution in [2.24, 2.45) is 5.10 Å². The standard InChI is InChI=1S/C12H8Br2ClN3O2/c13-10-5-9(20-11(10)14)6-16-18-12(19)17-8-3-1-2-7(15)4-8/h1-6H,(H2,17,18,19)/b16-6+. The Morgan fingerprint density at radius 2 is 2.15 bits per heavy atom. The summed E-state index contributed by atoms with van der Waals surface area (Å²) >= 11 is 12.3. The Bertz CT molecular complexity index is 638. The van der Waals surface area contributed by atoms with Gasteiger partial charge in [0.2, 0.25) is 0 Å². The maximum atomic E-state index is 11.6. The second-order valence-electron chi connectivity index (χ2n) is 3.60. The molecule has 0 aliphatic heterocycles. The number of hydrogen-bond donors (Lipinski definition) is 2. The second kappa shape index (κ2) is 6.92. The molecule has 8 heteroatoms. The van der Waals surface area contributed by atoms with E-state index in [2.05, 4.69) is 47.7 Å². The number of nitrogens with zero attached hydrogens (tertiary/aromatic N) is 1. The number of carbonyl (C=O) groups excluding carboxylic acids is 1. The van der Waals surface area contributed by atoms with Crippen molar-refractivity contribution in [3.05, 3.63) is 50.3 Å². The molecular weight excluding hydrogens is 413 g/mol. The lowest BCUT2D eigenvalue weighted by Crippen LogP contribution is -2.24. The number of urea groups is 1. The van der Waals surface area contributed by atoms with Gasteiger partial charge in [-0.25, -0.2) is 10.2 Å². The van der Waals surface area contributed by atoms with Crippen LogP contribution in [-0.2, 0) is 0 Å². The first kappa shape index (κ1) is 15.1. The Kier molecular flexibility index (Phi) is 5.22. The topological polar surface area (TPSA) is 66.6 Å². The Hall–Kier alpha value is -1.31. The van der Waals surface area contributed by atoms with Crippen molar-refractivity contribution < 1.29 is 9.21 Å². The fraction of sp³-hybridized carbons (Fsp3) is 0. The van der Waals surface area contributed by atoms with Gasteiger partial charge in [-0.1, -0.05) is 17.7 Å². The van der Waals surface area contributed by atoms with Gasteiger partial charge in [0.1, 0.15) is 5.76 Å². The first-order valence-electron chi connectivity index (χ1n) is 5.35. The van der Waals surface area contributed by atoms with Crippen LogP contribution < -0.4 is 10.7 Å². The van der Waals surface area contributed by atoms with Gasteiger partial charge in [-0.3, -0.25) is 0 Å². The van der Waals surface area contributed by atoms with Crippen LogP contribution in [0, 0.1) is 0 Å². The summed E-state index contributed by atoms with van der Waals surface area (Å²) in [5, 5.41) is 6.89. The first-order chi connectivity index (χ1) is 9.54. The van der Waals surface area contributed by atoms with Crippen LogP contribution in [-0.4, -0.2) is 12.2 Å². The third-order valence-electron chi connectivity index (χ3n) is 2.10. The molecule has 104 valence electrons. The van der Waals surface area contributed by atoms with Gasteiger partial charge < -0.3 is 9.73 Å². The number of anilines is 1. The fourth-order valence-corrected chi connectivity index (χ4v) is 2.10. The molecular formula is C12H8Br2ClN3O2. The third kappa shape index (κ3) is 4.36. The van der Waals surface area contributed by atoms with Crippen LogP contribution in [0.3, 0.4) is 0 Å². The summed E-state index contributed by atoms with van der Waals surface area (Å²) in [6.45, 7) is 0. The molecule has 0 atom stereocenters. The molecule has 0 saturated heterocycles. The number of nitrogens with one attached hydrogen (secondary N) is 2. The van der Waals surface area contributed by atoms with Crippen molar-refractivity contribution >= 4 is 61.4 Å². The van der Waals surface area contributed by atoms with Crippen LogP contribution in [0.2, 0.25) is 5.02 Å². The predicted octanol–water partition coefficient (Wildman–Crippen LogP) is 4.61. The van der Waals surface area contributed by atoms with Crippen LogP contribution in [0.5, 0.6) is 0 Å². The van der Waals surface area contributed by atoms with E-state index < -0.39 is 6.03 Å². The van der Waals surface area contributed by atoms with E-state index in [0.717, 1.165) is 4.47 Å². The fourth-order valence-electron chi connectivity index (χ4n) is 1.31. The molecule has 0 aliphatic carbocycles. The minimum absolute atomic E-state index is 0.479. The molecule has 0 fully saturated rings. The maximum Gasteiger partial charge on any atom is 0.339 e. The van der Waals surface area contributed by atoms with Crippen molar-refractivity contribution in [2.45, 2.75) is 0 Å². The van der Waals surface area contributed by atoms with E-state index in [0.29, 0.717) is 21.1 Å². The van der Waals surface area contributed by atoms with E-state index in [1.54, 1.807) is 30.3 Å². The average Bonchev–Trinajstić information content (AvgIpc) is 2.68. The third-order valence-corrected chi connectivity index (χ3v) is 4.05. The predicted molar refractivity (Wildman–Crippen MR) is 85.3 cm³/mol. The van der Waals surface area contributed by atoms with Crippen molar-refractivity contribution in [3.63, 3.8) is 0 Å². The normalized spacial score (nSPS) is 10.8. The number of benzene rings is 1. The Labute approximate surface area is 136 Å². The van der Waals surface area contributed by atoms with Gasteiger partial charge >= 0.3 is 6.03 Å². The number of amides is 2. The number of carbonyl (C=O) groups is 1. The zero-order valence-electron chi connectivity index (χ0n) is 9.86. The summed E-state index contributed by atoms with van der Waals surface area (Å²) in [6, 6.07) is 8.04. The number of hydrazone groups is 1. The highest BCUT2D eigenvalue weighted by Gasteiger charge is 2.04. The molecule has 0 saturated carbocycles. The van der Waals surface area contributed by atoms with Crippen LogP contribution in [0.4, 0.5) is 10.5 Å². The average molecular weight is 421 g/mol. The minimum atomic E-state index is -0.479. The van der Waals surface area contributed by atoms with E-state index in [1.807, 2.05) is 0 Å². The number of hydrogen-bond acceptors (Lipinski definition) is 3. The lowest BCUT2D eigenvalue weighted by molar-refractivity contribution is 0.252. The molecule has 2 N–H and O–H groups in total. The number of rotatable bonds is 3. The van der Waals surface area contributed by atoms with Crippen LogP contribution in [0.1, 0.15) is 5.76 Å². The van der Waals surface area contributed by atoms with Gasteiger partial charge in [0.05, 0.1) is 10.7 Å². The van der Waals surface area contributed by atoms with Crippen molar-refractivity contribution in [3.8, 4) is 0 Å². The quantitative estimate of drug-likeness (QED) is 0.561. The molecule has 0 unspecified atom stereocenters. The molecule has 1 aromatic carbocycles. The van der Waals surface area contributed by atoms with E-state index in [-0.39, 0.29) is 0 Å². The monoisotopic (exact) mass is 419 g/mol. The van der Waals surface area contributed by atoms with Crippen molar-refractivity contribution in [1.29, 1.82) is 0 Å². The molecule has 0 radical (unpaired) electrons. The number of furan rings is 1. The Balaban J connectivity index is 1.89. The summed E-state index contributed by atoms with van der Waals surface area (Å²) in [6.07, 6.45) is 1.38. The molecule has 2 aromatic rings. The molecule has 1 aromatic heterocycles. The van der Waals surface area contributed by atoms with Crippen LogP contribution >= 0.6 is 43.5 Å². The first-order valence-corrected chi connectivity index (χ1v) is 7.31. The summed E-state index contributed by atoms with van der Waals surface area (Å²) in [7, 11) is 0. The van der Waals surface area contributed by atoms with Gasteiger partial charge in [-0.15, -0.1) is 0 Å². The molecule has 1 heterocycles. The van der Waals surface area contributed by atoms with Crippen molar-refractivity contribution in [1.82, 2.24) is 5.43 Å². The van der Waals surface area contributed by atoms with E-state index in [4.69, 9.17) is 16.0 Å². The molecule has 0 spiro atoms. The van der Waals surface area contributed by atoms with Gasteiger partial charge in [0.15, 0.2) is 4.67 Å². The lowest BCUT2D eigenvalue weighted by atomic mass is 10.3. The highest BCUT2D eigenvalue weighted by Crippen LogP contribution is 2.25. The van der Waals surface area contributed by atoms with Crippen molar-refractivity contribution in [2.75, 3.05) is 5.32 Å². The SMILES string of the molecule is O=C(N/N=C/c1cc(Br)c(Br)o1)Nc1cccc(Cl)c1. The molecule has 2 amide bonds. The van der Waals surface area contributed by atoms with E-state index in [1.165, 1.54) is 6.21 Å². The molecule has 5 nitrogen and oxygen atoms in total. The molecule has 20 heavy (non-hydrogen) atoms. The zero-order chi connectivity index (χ0) is 14.5. The Morgan fingerprint density at radius 3 is 2.80 bits per heavy atom. The summed E-state index contributed by atoms with van der Waals surface area (Å²) in [5.74, 6) is 0.492. The molecule has 0 bridgehead atoms. The largest absolute Gasteiger partial charge is 0.447 e. The molecule has 0 aliphatic rings. The van der Waals surface area contributed by atoms with Gasteiger partial charge in [-0.05, 0) is 50.1 Å². The second-order valence-corrected chi connectivity index (χ2v) is 5.62. The maximum absolute atomic E-state index is 11.6. The lowest BCUT2D eigenvalue weighted by Gasteiger charge is -2.03. The Morgan fingerprint density at radius 1 is 1.35 bits per heavy atom. The minimum Gasteiger partial charge on any atom is -0.447 e. The van der Waals surface area contributed by atoms with Crippen LogP contribution in [0.15, 0.2) is 49.0 Å².